The minimum Gasteiger partial charge on any atom is -1.00 e. The molecule has 11 heteroatoms. The SMILES string of the molecule is COc1cc(/C=C/C(=O)[NH+]2CCN(CCOC(=O)COc3ccc(Cl)cc3)CC2)cc(OC)c1OC.[Cl-]. The number of carbonyl (C=O) groups excluding carboxylic acids is 2. The Bertz CT molecular complexity index is 1030. The Hall–Kier alpha value is -2.98. The lowest BCUT2D eigenvalue weighted by atomic mass is 10.1. The van der Waals surface area contributed by atoms with Crippen LogP contribution in [0.5, 0.6) is 23.0 Å². The molecule has 1 amide bonds. The van der Waals surface area contributed by atoms with Crippen LogP contribution in [0.1, 0.15) is 5.56 Å². The molecule has 1 N–H and O–H groups in total. The van der Waals surface area contributed by atoms with Gasteiger partial charge in [-0.1, -0.05) is 11.6 Å². The maximum atomic E-state index is 12.7. The van der Waals surface area contributed by atoms with Gasteiger partial charge in [0.15, 0.2) is 18.1 Å². The quantitative estimate of drug-likeness (QED) is 0.272. The molecule has 0 saturated carbocycles. The standard InChI is InChI=1S/C26H31ClN2O7.ClH/c1-32-22-16-19(17-23(33-2)26(22)34-3)4-9-24(30)29-12-10-28(11-13-29)14-15-35-25(31)18-36-21-7-5-20(27)6-8-21;/h4-9,16-17H,10-15,18H2,1-3H3;1H/b9-4+;. The fourth-order valence-electron chi connectivity index (χ4n) is 3.78. The second-order valence-electron chi connectivity index (χ2n) is 8.06. The molecule has 9 nitrogen and oxygen atoms in total. The molecule has 0 aliphatic carbocycles. The number of methoxy groups -OCH3 is 3. The maximum Gasteiger partial charge on any atom is 0.344 e. The number of ether oxygens (including phenoxy) is 5. The molecule has 0 atom stereocenters. The van der Waals surface area contributed by atoms with E-state index in [1.54, 1.807) is 69.9 Å². The number of carbonyl (C=O) groups is 2. The van der Waals surface area contributed by atoms with E-state index in [1.807, 2.05) is 0 Å². The normalized spacial score (nSPS) is 14.1. The molecular formula is C26H32Cl2N2O7. The van der Waals surface area contributed by atoms with Crippen LogP contribution in [-0.4, -0.2) is 84.0 Å². The van der Waals surface area contributed by atoms with Crippen molar-refractivity contribution in [2.24, 2.45) is 0 Å². The molecule has 1 saturated heterocycles. The van der Waals surface area contributed by atoms with E-state index in [9.17, 15) is 9.59 Å². The molecule has 3 rings (SSSR count). The number of piperazine rings is 1. The number of esters is 1. The molecule has 1 aliphatic heterocycles. The van der Waals surface area contributed by atoms with E-state index in [2.05, 4.69) is 4.90 Å². The van der Waals surface area contributed by atoms with Gasteiger partial charge in [-0.3, -0.25) is 9.80 Å². The number of rotatable bonds is 11. The second-order valence-corrected chi connectivity index (χ2v) is 8.50. The zero-order valence-corrected chi connectivity index (χ0v) is 22.6. The largest absolute Gasteiger partial charge is 1.00 e. The zero-order chi connectivity index (χ0) is 25.9. The van der Waals surface area contributed by atoms with E-state index >= 15 is 0 Å². The Morgan fingerprint density at radius 1 is 1.00 bits per heavy atom. The van der Waals surface area contributed by atoms with Crippen molar-refractivity contribution >= 4 is 29.6 Å². The van der Waals surface area contributed by atoms with Gasteiger partial charge in [-0.25, -0.2) is 9.59 Å². The molecule has 1 fully saturated rings. The summed E-state index contributed by atoms with van der Waals surface area (Å²) in [6.45, 7) is 3.53. The minimum absolute atomic E-state index is 0. The van der Waals surface area contributed by atoms with Gasteiger partial charge >= 0.3 is 11.9 Å². The molecule has 0 bridgehead atoms. The highest BCUT2D eigenvalue weighted by Gasteiger charge is 2.24. The van der Waals surface area contributed by atoms with Crippen LogP contribution in [0, 0.1) is 0 Å². The van der Waals surface area contributed by atoms with Crippen LogP contribution in [0.25, 0.3) is 6.08 Å². The fraction of sp³-hybridized carbons (Fsp3) is 0.385. The summed E-state index contributed by atoms with van der Waals surface area (Å²) in [7, 11) is 4.65. The van der Waals surface area contributed by atoms with Crippen molar-refractivity contribution in [1.29, 1.82) is 0 Å². The van der Waals surface area contributed by atoms with Crippen molar-refractivity contribution in [3.05, 3.63) is 53.1 Å². The Balaban J connectivity index is 0.00000481. The lowest BCUT2D eigenvalue weighted by Crippen LogP contribution is -3.17. The third-order valence-electron chi connectivity index (χ3n) is 5.76. The molecule has 0 aromatic heterocycles. The predicted octanol–water partition coefficient (Wildman–Crippen LogP) is -1.27. The average molecular weight is 555 g/mol. The van der Waals surface area contributed by atoms with Gasteiger partial charge in [-0.2, -0.15) is 0 Å². The first-order valence-electron chi connectivity index (χ1n) is 11.6. The van der Waals surface area contributed by atoms with Crippen LogP contribution in [-0.2, 0) is 14.3 Å². The third-order valence-corrected chi connectivity index (χ3v) is 6.02. The molecular weight excluding hydrogens is 523 g/mol. The molecule has 0 spiro atoms. The van der Waals surface area contributed by atoms with E-state index in [4.69, 9.17) is 35.3 Å². The van der Waals surface area contributed by atoms with Crippen molar-refractivity contribution in [2.75, 3.05) is 67.3 Å². The van der Waals surface area contributed by atoms with Gasteiger partial charge in [0.25, 0.3) is 0 Å². The summed E-state index contributed by atoms with van der Waals surface area (Å²) in [4.78, 5) is 27.7. The first kappa shape index (κ1) is 30.2. The van der Waals surface area contributed by atoms with E-state index in [1.165, 1.54) is 0 Å². The third kappa shape index (κ3) is 9.12. The van der Waals surface area contributed by atoms with Gasteiger partial charge in [0.2, 0.25) is 5.75 Å². The number of nitrogens with one attached hydrogen (secondary N) is 1. The highest BCUT2D eigenvalue weighted by molar-refractivity contribution is 6.30. The number of quaternary nitrogens is 1. The lowest BCUT2D eigenvalue weighted by Gasteiger charge is -2.30. The van der Waals surface area contributed by atoms with Gasteiger partial charge in [0, 0.05) is 30.7 Å². The number of halogens is 2. The summed E-state index contributed by atoms with van der Waals surface area (Å²) in [6.07, 6.45) is 3.33. The van der Waals surface area contributed by atoms with Crippen LogP contribution in [0.3, 0.4) is 0 Å². The van der Waals surface area contributed by atoms with Crippen molar-refractivity contribution in [2.45, 2.75) is 0 Å². The zero-order valence-electron chi connectivity index (χ0n) is 21.1. The van der Waals surface area contributed by atoms with Crippen LogP contribution in [0.2, 0.25) is 5.02 Å². The summed E-state index contributed by atoms with van der Waals surface area (Å²) in [5, 5.41) is 0.600. The Morgan fingerprint density at radius 3 is 2.19 bits per heavy atom. The van der Waals surface area contributed by atoms with E-state index < -0.39 is 5.97 Å². The summed E-state index contributed by atoms with van der Waals surface area (Å²) in [5.41, 5.74) is 0.776. The highest BCUT2D eigenvalue weighted by Crippen LogP contribution is 2.38. The van der Waals surface area contributed by atoms with E-state index in [0.29, 0.717) is 47.7 Å². The predicted molar refractivity (Wildman–Crippen MR) is 135 cm³/mol. The molecule has 2 aromatic carbocycles. The smallest absolute Gasteiger partial charge is 0.344 e. The average Bonchev–Trinajstić information content (AvgIpc) is 2.91. The van der Waals surface area contributed by atoms with Crippen LogP contribution in [0.15, 0.2) is 42.5 Å². The lowest BCUT2D eigenvalue weighted by molar-refractivity contribution is -0.823. The Labute approximate surface area is 228 Å². The number of hydrogen-bond donors (Lipinski definition) is 1. The van der Waals surface area contributed by atoms with Crippen LogP contribution < -0.4 is 36.3 Å². The molecule has 37 heavy (non-hydrogen) atoms. The summed E-state index contributed by atoms with van der Waals surface area (Å²) in [5.74, 6) is 1.70. The summed E-state index contributed by atoms with van der Waals surface area (Å²) in [6, 6.07) is 10.4. The van der Waals surface area contributed by atoms with Crippen molar-refractivity contribution < 1.29 is 50.6 Å². The molecule has 1 heterocycles. The van der Waals surface area contributed by atoms with Crippen molar-refractivity contribution in [1.82, 2.24) is 4.90 Å². The first-order valence-corrected chi connectivity index (χ1v) is 11.9. The van der Waals surface area contributed by atoms with Crippen LogP contribution in [0.4, 0.5) is 0 Å². The number of amides is 1. The maximum absolute atomic E-state index is 12.7. The molecule has 2 aromatic rings. The molecule has 0 radical (unpaired) electrons. The minimum atomic E-state index is -0.429. The van der Waals surface area contributed by atoms with Crippen LogP contribution >= 0.6 is 11.6 Å². The van der Waals surface area contributed by atoms with Gasteiger partial charge < -0.3 is 36.1 Å². The van der Waals surface area contributed by atoms with Gasteiger partial charge in [-0.15, -0.1) is 0 Å². The van der Waals surface area contributed by atoms with E-state index in [0.717, 1.165) is 23.6 Å². The Kier molecular flexibility index (Phi) is 12.5. The number of hydrogen-bond acceptors (Lipinski definition) is 8. The monoisotopic (exact) mass is 554 g/mol. The molecule has 202 valence electrons. The number of benzene rings is 2. The number of nitrogens with zero attached hydrogens (tertiary/aromatic N) is 1. The van der Waals surface area contributed by atoms with Gasteiger partial charge in [0.1, 0.15) is 12.4 Å². The topological polar surface area (TPSA) is 88.0 Å². The fourth-order valence-corrected chi connectivity index (χ4v) is 3.91. The summed E-state index contributed by atoms with van der Waals surface area (Å²) >= 11 is 5.83. The van der Waals surface area contributed by atoms with Gasteiger partial charge in [0.05, 0.1) is 34.4 Å². The molecule has 0 unspecified atom stereocenters. The Morgan fingerprint density at radius 2 is 1.62 bits per heavy atom. The van der Waals surface area contributed by atoms with Crippen molar-refractivity contribution in [3.8, 4) is 23.0 Å². The van der Waals surface area contributed by atoms with Crippen molar-refractivity contribution in [3.63, 3.8) is 0 Å². The molecule has 1 aliphatic rings. The summed E-state index contributed by atoms with van der Waals surface area (Å²) < 4.78 is 26.7. The highest BCUT2D eigenvalue weighted by atomic mass is 35.5. The second kappa shape index (κ2) is 15.3. The van der Waals surface area contributed by atoms with E-state index in [-0.39, 0.29) is 31.5 Å². The van der Waals surface area contributed by atoms with Gasteiger partial charge in [-0.05, 0) is 48.0 Å². The first-order chi connectivity index (χ1) is 17.4.